The maximum Gasteiger partial charge on any atom is 0.225 e. The molecule has 1 fully saturated rings. The Balaban J connectivity index is 1.73. The van der Waals surface area contributed by atoms with E-state index in [-0.39, 0.29) is 5.91 Å². The van der Waals surface area contributed by atoms with Gasteiger partial charge in [-0.2, -0.15) is 0 Å². The van der Waals surface area contributed by atoms with E-state index in [0.717, 1.165) is 18.2 Å². The van der Waals surface area contributed by atoms with Crippen molar-refractivity contribution in [1.29, 1.82) is 0 Å². The topological polar surface area (TPSA) is 58.4 Å². The summed E-state index contributed by atoms with van der Waals surface area (Å²) in [7, 11) is 2.13. The van der Waals surface area contributed by atoms with Gasteiger partial charge in [-0.3, -0.25) is 4.79 Å². The SMILES string of the molecule is CC1CCC(N(C)CCC(=O)Nc2cccc(N)c2)CC1. The highest BCUT2D eigenvalue weighted by Crippen LogP contribution is 2.26. The molecule has 0 radical (unpaired) electrons. The minimum absolute atomic E-state index is 0.0524. The van der Waals surface area contributed by atoms with Crippen molar-refractivity contribution in [1.82, 2.24) is 4.90 Å². The Morgan fingerprint density at radius 3 is 2.71 bits per heavy atom. The van der Waals surface area contributed by atoms with E-state index in [4.69, 9.17) is 5.73 Å². The molecule has 0 aromatic heterocycles. The van der Waals surface area contributed by atoms with E-state index in [2.05, 4.69) is 24.2 Å². The van der Waals surface area contributed by atoms with Crippen molar-refractivity contribution in [2.75, 3.05) is 24.6 Å². The number of nitrogen functional groups attached to an aromatic ring is 1. The lowest BCUT2D eigenvalue weighted by Crippen LogP contribution is -2.36. The number of hydrogen-bond acceptors (Lipinski definition) is 3. The second-order valence-corrected chi connectivity index (χ2v) is 6.32. The average Bonchev–Trinajstić information content (AvgIpc) is 2.45. The van der Waals surface area contributed by atoms with Gasteiger partial charge in [-0.1, -0.05) is 13.0 Å². The van der Waals surface area contributed by atoms with Crippen LogP contribution >= 0.6 is 0 Å². The number of amides is 1. The Morgan fingerprint density at radius 1 is 1.33 bits per heavy atom. The summed E-state index contributed by atoms with van der Waals surface area (Å²) in [6.07, 6.45) is 5.66. The Hall–Kier alpha value is -1.55. The largest absolute Gasteiger partial charge is 0.399 e. The zero-order valence-corrected chi connectivity index (χ0v) is 13.1. The average molecular weight is 289 g/mol. The van der Waals surface area contributed by atoms with Crippen LogP contribution in [0.3, 0.4) is 0 Å². The fourth-order valence-corrected chi connectivity index (χ4v) is 2.98. The van der Waals surface area contributed by atoms with Crippen molar-refractivity contribution in [2.45, 2.75) is 45.1 Å². The van der Waals surface area contributed by atoms with E-state index < -0.39 is 0 Å². The minimum atomic E-state index is 0.0524. The first kappa shape index (κ1) is 15.8. The van der Waals surface area contributed by atoms with E-state index in [1.54, 1.807) is 6.07 Å². The van der Waals surface area contributed by atoms with Crippen LogP contribution in [0.2, 0.25) is 0 Å². The molecule has 1 saturated carbocycles. The van der Waals surface area contributed by atoms with Crippen molar-refractivity contribution in [3.8, 4) is 0 Å². The van der Waals surface area contributed by atoms with Crippen molar-refractivity contribution < 1.29 is 4.79 Å². The highest BCUT2D eigenvalue weighted by molar-refractivity contribution is 5.91. The van der Waals surface area contributed by atoms with Crippen LogP contribution in [-0.2, 0) is 4.79 Å². The molecule has 0 bridgehead atoms. The Kier molecular flexibility index (Phi) is 5.62. The maximum absolute atomic E-state index is 12.0. The monoisotopic (exact) mass is 289 g/mol. The molecule has 0 spiro atoms. The first-order chi connectivity index (χ1) is 10.0. The quantitative estimate of drug-likeness (QED) is 0.819. The fraction of sp³-hybridized carbons (Fsp3) is 0.588. The highest BCUT2D eigenvalue weighted by atomic mass is 16.1. The molecule has 21 heavy (non-hydrogen) atoms. The molecule has 1 aromatic rings. The van der Waals surface area contributed by atoms with E-state index in [0.29, 0.717) is 18.2 Å². The molecule has 116 valence electrons. The summed E-state index contributed by atoms with van der Waals surface area (Å²) in [4.78, 5) is 14.3. The second-order valence-electron chi connectivity index (χ2n) is 6.32. The lowest BCUT2D eigenvalue weighted by atomic mass is 9.87. The molecule has 0 atom stereocenters. The van der Waals surface area contributed by atoms with Gasteiger partial charge in [-0.15, -0.1) is 0 Å². The van der Waals surface area contributed by atoms with Crippen molar-refractivity contribution in [3.05, 3.63) is 24.3 Å². The van der Waals surface area contributed by atoms with Gasteiger partial charge in [0.15, 0.2) is 0 Å². The summed E-state index contributed by atoms with van der Waals surface area (Å²) in [5, 5.41) is 2.90. The van der Waals surface area contributed by atoms with Crippen LogP contribution < -0.4 is 11.1 Å². The molecular weight excluding hydrogens is 262 g/mol. The number of nitrogens with zero attached hydrogens (tertiary/aromatic N) is 1. The molecule has 1 aliphatic carbocycles. The predicted molar refractivity (Wildman–Crippen MR) is 88.2 cm³/mol. The molecule has 2 rings (SSSR count). The van der Waals surface area contributed by atoms with E-state index in [1.807, 2.05) is 18.2 Å². The van der Waals surface area contributed by atoms with E-state index in [9.17, 15) is 4.79 Å². The first-order valence-corrected chi connectivity index (χ1v) is 7.90. The molecule has 1 aliphatic rings. The van der Waals surface area contributed by atoms with Crippen LogP contribution in [0.25, 0.3) is 0 Å². The lowest BCUT2D eigenvalue weighted by Gasteiger charge is -2.33. The van der Waals surface area contributed by atoms with Gasteiger partial charge in [0.25, 0.3) is 0 Å². The first-order valence-electron chi connectivity index (χ1n) is 7.90. The Morgan fingerprint density at radius 2 is 2.05 bits per heavy atom. The van der Waals surface area contributed by atoms with Gasteiger partial charge in [0.2, 0.25) is 5.91 Å². The molecule has 1 amide bonds. The zero-order chi connectivity index (χ0) is 15.2. The third-order valence-electron chi connectivity index (χ3n) is 4.47. The number of rotatable bonds is 5. The molecule has 0 saturated heterocycles. The summed E-state index contributed by atoms with van der Waals surface area (Å²) < 4.78 is 0. The molecule has 1 aromatic carbocycles. The Labute approximate surface area is 127 Å². The minimum Gasteiger partial charge on any atom is -0.399 e. The van der Waals surface area contributed by atoms with Gasteiger partial charge in [0.05, 0.1) is 0 Å². The summed E-state index contributed by atoms with van der Waals surface area (Å²) in [6.45, 7) is 3.14. The lowest BCUT2D eigenvalue weighted by molar-refractivity contribution is -0.116. The molecule has 0 heterocycles. The van der Waals surface area contributed by atoms with Crippen LogP contribution in [-0.4, -0.2) is 30.4 Å². The van der Waals surface area contributed by atoms with E-state index >= 15 is 0 Å². The predicted octanol–water partition coefficient (Wildman–Crippen LogP) is 3.11. The van der Waals surface area contributed by atoms with Gasteiger partial charge in [-0.05, 0) is 56.8 Å². The van der Waals surface area contributed by atoms with Crippen LogP contribution in [0.5, 0.6) is 0 Å². The molecule has 4 heteroatoms. The summed E-state index contributed by atoms with van der Waals surface area (Å²) >= 11 is 0. The second kappa shape index (κ2) is 7.46. The number of carbonyl (C=O) groups is 1. The highest BCUT2D eigenvalue weighted by Gasteiger charge is 2.21. The number of nitrogens with one attached hydrogen (secondary N) is 1. The van der Waals surface area contributed by atoms with Gasteiger partial charge in [0.1, 0.15) is 0 Å². The number of carbonyl (C=O) groups excluding carboxylic acids is 1. The summed E-state index contributed by atoms with van der Waals surface area (Å²) in [5.74, 6) is 0.915. The van der Waals surface area contributed by atoms with Gasteiger partial charge in [0, 0.05) is 30.4 Å². The normalized spacial score (nSPS) is 22.2. The van der Waals surface area contributed by atoms with Crippen molar-refractivity contribution >= 4 is 17.3 Å². The molecule has 3 N–H and O–H groups in total. The third-order valence-corrected chi connectivity index (χ3v) is 4.47. The molecular formula is C17H27N3O. The van der Waals surface area contributed by atoms with Gasteiger partial charge in [-0.25, -0.2) is 0 Å². The molecule has 4 nitrogen and oxygen atoms in total. The number of anilines is 2. The van der Waals surface area contributed by atoms with Crippen molar-refractivity contribution in [3.63, 3.8) is 0 Å². The summed E-state index contributed by atoms with van der Waals surface area (Å²) in [5.41, 5.74) is 7.15. The molecule has 0 unspecified atom stereocenters. The smallest absolute Gasteiger partial charge is 0.225 e. The van der Waals surface area contributed by atoms with Crippen LogP contribution in [0.1, 0.15) is 39.0 Å². The fourth-order valence-electron chi connectivity index (χ4n) is 2.98. The standard InChI is InChI=1S/C17H27N3O/c1-13-6-8-16(9-7-13)20(2)11-10-17(21)19-15-5-3-4-14(18)12-15/h3-5,12-13,16H,6-11,18H2,1-2H3,(H,19,21). The Bertz CT molecular complexity index is 467. The zero-order valence-electron chi connectivity index (χ0n) is 13.1. The summed E-state index contributed by atoms with van der Waals surface area (Å²) in [6, 6.07) is 7.94. The van der Waals surface area contributed by atoms with Crippen LogP contribution in [0, 0.1) is 5.92 Å². The third kappa shape index (κ3) is 5.05. The van der Waals surface area contributed by atoms with Crippen LogP contribution in [0.4, 0.5) is 11.4 Å². The molecule has 0 aliphatic heterocycles. The van der Waals surface area contributed by atoms with E-state index in [1.165, 1.54) is 25.7 Å². The van der Waals surface area contributed by atoms with Crippen molar-refractivity contribution in [2.24, 2.45) is 5.92 Å². The number of nitrogens with two attached hydrogens (primary N) is 1. The number of hydrogen-bond donors (Lipinski definition) is 2. The van der Waals surface area contributed by atoms with Gasteiger partial charge < -0.3 is 16.0 Å². The number of benzene rings is 1. The van der Waals surface area contributed by atoms with Gasteiger partial charge >= 0.3 is 0 Å². The maximum atomic E-state index is 12.0. The van der Waals surface area contributed by atoms with Crippen LogP contribution in [0.15, 0.2) is 24.3 Å².